The van der Waals surface area contributed by atoms with Crippen LogP contribution < -0.4 is 4.90 Å². The second kappa shape index (κ2) is 7.47. The van der Waals surface area contributed by atoms with Crippen LogP contribution in [0, 0.1) is 17.0 Å². The molecule has 1 aliphatic heterocycles. The average molecular weight is 417 g/mol. The van der Waals surface area contributed by atoms with Gasteiger partial charge in [0.2, 0.25) is 0 Å². The Bertz CT molecular complexity index is 931. The van der Waals surface area contributed by atoms with E-state index in [-0.39, 0.29) is 9.90 Å². The molecule has 140 valence electrons. The van der Waals surface area contributed by atoms with Crippen LogP contribution in [0.4, 0.5) is 11.5 Å². The number of hydrogen-bond donors (Lipinski definition) is 0. The summed E-state index contributed by atoms with van der Waals surface area (Å²) in [6.07, 6.45) is 1.88. The Morgan fingerprint density at radius 3 is 2.65 bits per heavy atom. The lowest BCUT2D eigenvalue weighted by Gasteiger charge is -2.22. The molecule has 0 bridgehead atoms. The highest BCUT2D eigenvalue weighted by molar-refractivity contribution is 7.91. The number of nitrogens with zero attached hydrogens (tertiary/aromatic N) is 4. The van der Waals surface area contributed by atoms with Crippen LogP contribution in [0.15, 0.2) is 28.6 Å². The Balaban J connectivity index is 1.76. The summed E-state index contributed by atoms with van der Waals surface area (Å²) in [5, 5.41) is 10.9. The van der Waals surface area contributed by atoms with Crippen molar-refractivity contribution in [3.8, 4) is 0 Å². The smallest absolute Gasteiger partial charge is 0.290 e. The molecule has 0 unspecified atom stereocenters. The molecule has 0 aliphatic carbocycles. The molecular formula is C15H17ClN4O4S2. The molecule has 1 saturated heterocycles. The molecule has 0 radical (unpaired) electrons. The molecule has 26 heavy (non-hydrogen) atoms. The zero-order valence-corrected chi connectivity index (χ0v) is 16.4. The Labute approximate surface area is 160 Å². The maximum absolute atomic E-state index is 12.7. The van der Waals surface area contributed by atoms with Crippen LogP contribution >= 0.6 is 22.9 Å². The van der Waals surface area contributed by atoms with E-state index in [0.29, 0.717) is 48.3 Å². The maximum Gasteiger partial charge on any atom is 0.290 e. The number of halogens is 1. The van der Waals surface area contributed by atoms with Crippen LogP contribution in [0.5, 0.6) is 0 Å². The van der Waals surface area contributed by atoms with Gasteiger partial charge in [0.15, 0.2) is 0 Å². The molecule has 2 aromatic rings. The lowest BCUT2D eigenvalue weighted by molar-refractivity contribution is -0.385. The number of anilines is 1. The summed E-state index contributed by atoms with van der Waals surface area (Å²) in [5.41, 5.74) is 0.504. The summed E-state index contributed by atoms with van der Waals surface area (Å²) in [6.45, 7) is 3.47. The molecule has 0 amide bonds. The lowest BCUT2D eigenvalue weighted by Crippen LogP contribution is -2.35. The van der Waals surface area contributed by atoms with Crippen LogP contribution in [0.1, 0.15) is 12.0 Å². The van der Waals surface area contributed by atoms with Gasteiger partial charge in [-0.3, -0.25) is 10.1 Å². The van der Waals surface area contributed by atoms with E-state index in [1.165, 1.54) is 16.6 Å². The summed E-state index contributed by atoms with van der Waals surface area (Å²) in [6, 6.07) is 4.76. The van der Waals surface area contributed by atoms with Crippen molar-refractivity contribution in [1.29, 1.82) is 0 Å². The molecule has 11 heteroatoms. The Morgan fingerprint density at radius 2 is 2.04 bits per heavy atom. The van der Waals surface area contributed by atoms with Crippen LogP contribution in [-0.2, 0) is 10.0 Å². The highest BCUT2D eigenvalue weighted by Crippen LogP contribution is 2.29. The molecule has 3 heterocycles. The van der Waals surface area contributed by atoms with Gasteiger partial charge in [-0.05, 0) is 31.5 Å². The van der Waals surface area contributed by atoms with Gasteiger partial charge >= 0.3 is 0 Å². The van der Waals surface area contributed by atoms with E-state index in [2.05, 4.69) is 4.98 Å². The first-order valence-corrected chi connectivity index (χ1v) is 10.5. The van der Waals surface area contributed by atoms with Crippen molar-refractivity contribution in [1.82, 2.24) is 9.29 Å². The third kappa shape index (κ3) is 3.83. The molecule has 2 aromatic heterocycles. The van der Waals surface area contributed by atoms with Crippen molar-refractivity contribution in [2.75, 3.05) is 31.1 Å². The fourth-order valence-electron chi connectivity index (χ4n) is 2.82. The third-order valence-electron chi connectivity index (χ3n) is 4.19. The van der Waals surface area contributed by atoms with Gasteiger partial charge in [-0.2, -0.15) is 4.31 Å². The second-order valence-electron chi connectivity index (χ2n) is 5.89. The zero-order valence-electron chi connectivity index (χ0n) is 14.0. The van der Waals surface area contributed by atoms with Crippen LogP contribution in [-0.4, -0.2) is 48.8 Å². The quantitative estimate of drug-likeness (QED) is 0.561. The van der Waals surface area contributed by atoms with Gasteiger partial charge in [0.25, 0.3) is 15.7 Å². The van der Waals surface area contributed by atoms with Gasteiger partial charge in [0.1, 0.15) is 16.2 Å². The van der Waals surface area contributed by atoms with Gasteiger partial charge in [-0.1, -0.05) is 11.6 Å². The zero-order chi connectivity index (χ0) is 18.9. The summed E-state index contributed by atoms with van der Waals surface area (Å²) < 4.78 is 27.6. The van der Waals surface area contributed by atoms with Crippen LogP contribution in [0.2, 0.25) is 4.34 Å². The van der Waals surface area contributed by atoms with E-state index >= 15 is 0 Å². The third-order valence-corrected chi connectivity index (χ3v) is 7.78. The Morgan fingerprint density at radius 1 is 1.27 bits per heavy atom. The van der Waals surface area contributed by atoms with Crippen molar-refractivity contribution >= 4 is 44.5 Å². The van der Waals surface area contributed by atoms with Crippen molar-refractivity contribution in [2.45, 2.75) is 17.6 Å². The highest BCUT2D eigenvalue weighted by Gasteiger charge is 2.28. The summed E-state index contributed by atoms with van der Waals surface area (Å²) in [7, 11) is -3.57. The number of aromatic nitrogens is 1. The molecule has 8 nitrogen and oxygen atoms in total. The summed E-state index contributed by atoms with van der Waals surface area (Å²) in [5.74, 6) is 0.617. The van der Waals surface area contributed by atoms with Gasteiger partial charge in [-0.15, -0.1) is 11.3 Å². The van der Waals surface area contributed by atoms with Gasteiger partial charge < -0.3 is 4.90 Å². The lowest BCUT2D eigenvalue weighted by atomic mass is 10.2. The number of aryl methyl sites for hydroxylation is 1. The Kier molecular flexibility index (Phi) is 5.47. The fraction of sp³-hybridized carbons (Fsp3) is 0.400. The average Bonchev–Trinajstić information content (AvgIpc) is 2.88. The molecule has 1 fully saturated rings. The van der Waals surface area contributed by atoms with Gasteiger partial charge in [0, 0.05) is 31.7 Å². The monoisotopic (exact) mass is 416 g/mol. The van der Waals surface area contributed by atoms with E-state index < -0.39 is 14.9 Å². The summed E-state index contributed by atoms with van der Waals surface area (Å²) >= 11 is 6.91. The molecule has 3 rings (SSSR count). The number of pyridine rings is 1. The van der Waals surface area contributed by atoms with E-state index in [0.717, 1.165) is 11.3 Å². The number of hydrogen-bond acceptors (Lipinski definition) is 7. The summed E-state index contributed by atoms with van der Waals surface area (Å²) in [4.78, 5) is 16.6. The molecular weight excluding hydrogens is 400 g/mol. The molecule has 0 aromatic carbocycles. The normalized spacial score (nSPS) is 16.5. The molecule has 1 aliphatic rings. The van der Waals surface area contributed by atoms with E-state index in [1.807, 2.05) is 4.90 Å². The molecule has 0 spiro atoms. The minimum absolute atomic E-state index is 0.0256. The first-order valence-electron chi connectivity index (χ1n) is 7.90. The molecule has 0 atom stereocenters. The van der Waals surface area contributed by atoms with E-state index in [1.54, 1.807) is 19.1 Å². The topological polar surface area (TPSA) is 96.7 Å². The van der Waals surface area contributed by atoms with Crippen LogP contribution in [0.25, 0.3) is 0 Å². The van der Waals surface area contributed by atoms with Crippen molar-refractivity contribution in [2.24, 2.45) is 0 Å². The van der Waals surface area contributed by atoms with Crippen LogP contribution in [0.3, 0.4) is 0 Å². The number of sulfonamides is 1. The first-order chi connectivity index (χ1) is 12.3. The largest absolute Gasteiger partial charge is 0.355 e. The SMILES string of the molecule is Cc1cc(N2CCCN(S(=O)(=O)c3ccc(Cl)s3)CC2)ncc1[N+](=O)[O-]. The van der Waals surface area contributed by atoms with Crippen molar-refractivity contribution in [3.63, 3.8) is 0 Å². The minimum atomic E-state index is -3.57. The second-order valence-corrected chi connectivity index (χ2v) is 9.77. The van der Waals surface area contributed by atoms with Crippen molar-refractivity contribution < 1.29 is 13.3 Å². The maximum atomic E-state index is 12.7. The van der Waals surface area contributed by atoms with Gasteiger partial charge in [0.05, 0.1) is 9.26 Å². The number of thiophene rings is 1. The predicted octanol–water partition coefficient (Wildman–Crippen LogP) is 2.91. The predicted molar refractivity (Wildman–Crippen MR) is 101 cm³/mol. The molecule has 0 saturated carbocycles. The minimum Gasteiger partial charge on any atom is -0.355 e. The van der Waals surface area contributed by atoms with E-state index in [9.17, 15) is 18.5 Å². The van der Waals surface area contributed by atoms with Crippen molar-refractivity contribution in [3.05, 3.63) is 44.4 Å². The molecule has 0 N–H and O–H groups in total. The Hall–Kier alpha value is -1.75. The van der Waals surface area contributed by atoms with Gasteiger partial charge in [-0.25, -0.2) is 13.4 Å². The fourth-order valence-corrected chi connectivity index (χ4v) is 5.93. The standard InChI is InChI=1S/C15H17ClN4O4S2/c1-11-9-14(17-10-12(11)20(21)22)18-5-2-6-19(8-7-18)26(23,24)15-4-3-13(16)25-15/h3-4,9-10H,2,5-8H2,1H3. The van der Waals surface area contributed by atoms with E-state index in [4.69, 9.17) is 11.6 Å². The number of nitro groups is 1. The number of rotatable bonds is 4. The first kappa shape index (κ1) is 19.0. The highest BCUT2D eigenvalue weighted by atomic mass is 35.5.